The van der Waals surface area contributed by atoms with E-state index in [0.717, 1.165) is 19.4 Å². The van der Waals surface area contributed by atoms with Crippen molar-refractivity contribution in [2.45, 2.75) is 57.8 Å². The first-order valence-electron chi connectivity index (χ1n) is 10.4. The van der Waals surface area contributed by atoms with Gasteiger partial charge in [0.05, 0.1) is 12.7 Å². The molecule has 1 fully saturated rings. The highest BCUT2D eigenvalue weighted by Crippen LogP contribution is 2.37. The summed E-state index contributed by atoms with van der Waals surface area (Å²) < 4.78 is 12.4. The van der Waals surface area contributed by atoms with E-state index in [0.29, 0.717) is 5.92 Å². The molecular formula is C24H34O3Si. The Bertz CT molecular complexity index is 687. The van der Waals surface area contributed by atoms with Crippen LogP contribution in [0.5, 0.6) is 0 Å². The summed E-state index contributed by atoms with van der Waals surface area (Å²) in [6, 6.07) is 21.6. The topological polar surface area (TPSA) is 42.0 Å². The summed E-state index contributed by atoms with van der Waals surface area (Å²) in [6.45, 7) is 10.1. The minimum absolute atomic E-state index is 0.0144. The smallest absolute Gasteiger partial charge is 0.261 e. The Hall–Kier alpha value is -1.46. The van der Waals surface area contributed by atoms with Crippen LogP contribution in [0.25, 0.3) is 0 Å². The van der Waals surface area contributed by atoms with Crippen molar-refractivity contribution in [1.29, 1.82) is 0 Å². The van der Waals surface area contributed by atoms with Gasteiger partial charge in [0.2, 0.25) is 0 Å². The Labute approximate surface area is 170 Å². The van der Waals surface area contributed by atoms with Crippen molar-refractivity contribution < 1.29 is 14.3 Å². The molecule has 3 rings (SSSR count). The van der Waals surface area contributed by atoms with Gasteiger partial charge in [0.25, 0.3) is 8.32 Å². The van der Waals surface area contributed by atoms with E-state index in [1.54, 1.807) is 0 Å². The molecule has 1 aliphatic heterocycles. The van der Waals surface area contributed by atoms with E-state index in [-0.39, 0.29) is 23.9 Å². The Morgan fingerprint density at radius 2 is 1.50 bits per heavy atom. The first kappa shape index (κ1) is 21.3. The number of epoxide rings is 1. The van der Waals surface area contributed by atoms with Gasteiger partial charge >= 0.3 is 0 Å². The van der Waals surface area contributed by atoms with Crippen LogP contribution in [0, 0.1) is 5.92 Å². The molecule has 0 aliphatic carbocycles. The van der Waals surface area contributed by atoms with Crippen LogP contribution >= 0.6 is 0 Å². The zero-order valence-corrected chi connectivity index (χ0v) is 18.6. The van der Waals surface area contributed by atoms with Crippen LogP contribution in [-0.2, 0) is 9.16 Å². The molecule has 1 heterocycles. The predicted molar refractivity (Wildman–Crippen MR) is 118 cm³/mol. The zero-order chi connectivity index (χ0) is 20.2. The maximum atomic E-state index is 9.17. The van der Waals surface area contributed by atoms with Crippen LogP contribution < -0.4 is 10.4 Å². The molecule has 0 amide bonds. The summed E-state index contributed by atoms with van der Waals surface area (Å²) in [5, 5.41) is 11.8. The van der Waals surface area contributed by atoms with Crippen LogP contribution in [0.1, 0.15) is 40.5 Å². The number of hydrogen-bond acceptors (Lipinski definition) is 3. The number of hydrogen-bond donors (Lipinski definition) is 1. The normalized spacial score (nSPS) is 20.8. The fraction of sp³-hybridized carbons (Fsp3) is 0.500. The number of aliphatic hydroxyl groups excluding tert-OH is 1. The molecular weight excluding hydrogens is 364 g/mol. The largest absolute Gasteiger partial charge is 0.407 e. The Balaban J connectivity index is 1.80. The lowest BCUT2D eigenvalue weighted by atomic mass is 10.0. The third kappa shape index (κ3) is 4.57. The van der Waals surface area contributed by atoms with Crippen LogP contribution in [0.2, 0.25) is 5.04 Å². The average Bonchev–Trinajstić information content (AvgIpc) is 3.43. The van der Waals surface area contributed by atoms with Crippen molar-refractivity contribution >= 4 is 18.7 Å². The maximum Gasteiger partial charge on any atom is 0.261 e. The van der Waals surface area contributed by atoms with Crippen LogP contribution in [0.3, 0.4) is 0 Å². The van der Waals surface area contributed by atoms with E-state index in [2.05, 4.69) is 88.4 Å². The fourth-order valence-corrected chi connectivity index (χ4v) is 8.82. The highest BCUT2D eigenvalue weighted by atomic mass is 28.4. The van der Waals surface area contributed by atoms with Crippen molar-refractivity contribution in [3.05, 3.63) is 60.7 Å². The van der Waals surface area contributed by atoms with Gasteiger partial charge in [-0.3, -0.25) is 0 Å². The summed E-state index contributed by atoms with van der Waals surface area (Å²) in [4.78, 5) is 0. The second-order valence-corrected chi connectivity index (χ2v) is 13.3. The summed E-state index contributed by atoms with van der Waals surface area (Å²) >= 11 is 0. The molecule has 0 radical (unpaired) electrons. The molecule has 3 nitrogen and oxygen atoms in total. The maximum absolute atomic E-state index is 9.17. The molecule has 0 saturated carbocycles. The van der Waals surface area contributed by atoms with Crippen LogP contribution in [0.4, 0.5) is 0 Å². The Kier molecular flexibility index (Phi) is 6.76. The highest BCUT2D eigenvalue weighted by Gasteiger charge is 2.50. The molecule has 0 aromatic heterocycles. The third-order valence-electron chi connectivity index (χ3n) is 5.85. The van der Waals surface area contributed by atoms with E-state index < -0.39 is 8.32 Å². The van der Waals surface area contributed by atoms with Gasteiger partial charge in [-0.05, 0) is 34.2 Å². The van der Waals surface area contributed by atoms with Gasteiger partial charge in [-0.25, -0.2) is 0 Å². The molecule has 152 valence electrons. The molecule has 3 atom stereocenters. The Morgan fingerprint density at radius 3 is 1.93 bits per heavy atom. The van der Waals surface area contributed by atoms with Gasteiger partial charge in [-0.15, -0.1) is 0 Å². The standard InChI is InChI=1S/C24H34O3Si/c1-19(17-22-23(18-25)27-22)15-16-26-28(24(2,3)4,20-11-7-5-8-12-20)21-13-9-6-10-14-21/h5-14,19,22-23,25H,15-18H2,1-4H3/t19-,22-,23-/m1/s1. The first-order chi connectivity index (χ1) is 13.4. The molecule has 2 aromatic carbocycles. The van der Waals surface area contributed by atoms with E-state index in [1.165, 1.54) is 10.4 Å². The number of rotatable bonds is 9. The van der Waals surface area contributed by atoms with Crippen molar-refractivity contribution in [1.82, 2.24) is 0 Å². The summed E-state index contributed by atoms with van der Waals surface area (Å²) in [5.74, 6) is 0.514. The molecule has 1 aliphatic rings. The minimum Gasteiger partial charge on any atom is -0.407 e. The molecule has 2 aromatic rings. The molecule has 1 N–H and O–H groups in total. The molecule has 0 unspecified atom stereocenters. The monoisotopic (exact) mass is 398 g/mol. The quantitative estimate of drug-likeness (QED) is 0.517. The van der Waals surface area contributed by atoms with Crippen molar-refractivity contribution in [2.75, 3.05) is 13.2 Å². The van der Waals surface area contributed by atoms with Gasteiger partial charge < -0.3 is 14.3 Å². The molecule has 0 spiro atoms. The first-order valence-corrected chi connectivity index (χ1v) is 12.3. The van der Waals surface area contributed by atoms with Gasteiger partial charge in [0, 0.05) is 6.61 Å². The van der Waals surface area contributed by atoms with Gasteiger partial charge in [0.15, 0.2) is 0 Å². The highest BCUT2D eigenvalue weighted by molar-refractivity contribution is 6.99. The van der Waals surface area contributed by atoms with Crippen LogP contribution in [-0.4, -0.2) is 38.8 Å². The molecule has 0 bridgehead atoms. The van der Waals surface area contributed by atoms with Crippen molar-refractivity contribution in [2.24, 2.45) is 5.92 Å². The second kappa shape index (κ2) is 8.91. The van der Waals surface area contributed by atoms with Gasteiger partial charge in [0.1, 0.15) is 6.10 Å². The lowest BCUT2D eigenvalue weighted by Gasteiger charge is -2.43. The molecule has 28 heavy (non-hydrogen) atoms. The summed E-state index contributed by atoms with van der Waals surface area (Å²) in [5.41, 5.74) is 0. The second-order valence-electron chi connectivity index (χ2n) is 9.04. The Morgan fingerprint density at radius 1 is 0.964 bits per heavy atom. The number of aliphatic hydroxyl groups is 1. The van der Waals surface area contributed by atoms with Gasteiger partial charge in [-0.1, -0.05) is 88.4 Å². The predicted octanol–water partition coefficient (Wildman–Crippen LogP) is 3.74. The molecule has 1 saturated heterocycles. The van der Waals surface area contributed by atoms with E-state index in [9.17, 15) is 0 Å². The fourth-order valence-electron chi connectivity index (χ4n) is 4.24. The average molecular weight is 399 g/mol. The number of ether oxygens (including phenoxy) is 1. The SMILES string of the molecule is C[C@H](CCO[Si](c1ccccc1)(c1ccccc1)C(C)(C)C)C[C@H]1O[C@@H]1CO. The van der Waals surface area contributed by atoms with Gasteiger partial charge in [-0.2, -0.15) is 0 Å². The molecule has 4 heteroatoms. The summed E-state index contributed by atoms with van der Waals surface area (Å²) in [6.07, 6.45) is 2.28. The lowest BCUT2D eigenvalue weighted by molar-refractivity contribution is 0.237. The number of benzene rings is 2. The zero-order valence-electron chi connectivity index (χ0n) is 17.6. The minimum atomic E-state index is -2.43. The van der Waals surface area contributed by atoms with E-state index in [1.807, 2.05) is 0 Å². The van der Waals surface area contributed by atoms with Crippen LogP contribution in [0.15, 0.2) is 60.7 Å². The van der Waals surface area contributed by atoms with Crippen molar-refractivity contribution in [3.8, 4) is 0 Å². The third-order valence-corrected chi connectivity index (χ3v) is 10.9. The lowest BCUT2D eigenvalue weighted by Crippen LogP contribution is -2.66. The van der Waals surface area contributed by atoms with E-state index >= 15 is 0 Å². The summed E-state index contributed by atoms with van der Waals surface area (Å²) in [7, 11) is -2.43. The van der Waals surface area contributed by atoms with E-state index in [4.69, 9.17) is 14.3 Å². The van der Waals surface area contributed by atoms with Crippen molar-refractivity contribution in [3.63, 3.8) is 0 Å².